The molecule has 0 saturated carbocycles. The molecule has 0 atom stereocenters. The predicted octanol–water partition coefficient (Wildman–Crippen LogP) is 0.0741. The molecule has 0 aromatic carbocycles. The maximum atomic E-state index is 11.7. The SMILES string of the molecule is O=c1[nH]cc(CN2CCc3[nH]c(=S)ncc3C2)c(=O)[nH]1. The van der Waals surface area contributed by atoms with Crippen LogP contribution in [0.1, 0.15) is 16.8 Å². The Morgan fingerprint density at radius 2 is 2.20 bits per heavy atom. The zero-order valence-corrected chi connectivity index (χ0v) is 11.4. The zero-order valence-electron chi connectivity index (χ0n) is 10.6. The second-order valence-electron chi connectivity index (χ2n) is 4.75. The van der Waals surface area contributed by atoms with Crippen molar-refractivity contribution >= 4 is 12.2 Å². The zero-order chi connectivity index (χ0) is 14.1. The fourth-order valence-electron chi connectivity index (χ4n) is 2.34. The highest BCUT2D eigenvalue weighted by atomic mass is 32.1. The number of rotatable bonds is 2. The van der Waals surface area contributed by atoms with Crippen molar-refractivity contribution in [2.45, 2.75) is 19.5 Å². The highest BCUT2D eigenvalue weighted by Crippen LogP contribution is 2.16. The quantitative estimate of drug-likeness (QED) is 0.680. The van der Waals surface area contributed by atoms with Gasteiger partial charge < -0.3 is 9.97 Å². The molecule has 0 spiro atoms. The van der Waals surface area contributed by atoms with E-state index in [0.717, 1.165) is 24.2 Å². The number of aromatic nitrogens is 4. The Morgan fingerprint density at radius 1 is 1.35 bits per heavy atom. The predicted molar refractivity (Wildman–Crippen MR) is 74.9 cm³/mol. The van der Waals surface area contributed by atoms with Gasteiger partial charge in [-0.1, -0.05) is 0 Å². The van der Waals surface area contributed by atoms with Crippen molar-refractivity contribution in [2.75, 3.05) is 6.54 Å². The van der Waals surface area contributed by atoms with Crippen LogP contribution < -0.4 is 11.2 Å². The molecular formula is C12H13N5O2S. The van der Waals surface area contributed by atoms with Crippen LogP contribution in [0.15, 0.2) is 22.0 Å². The van der Waals surface area contributed by atoms with Crippen LogP contribution in [0.3, 0.4) is 0 Å². The van der Waals surface area contributed by atoms with Gasteiger partial charge in [0, 0.05) is 55.3 Å². The lowest BCUT2D eigenvalue weighted by molar-refractivity contribution is 0.241. The van der Waals surface area contributed by atoms with Gasteiger partial charge in [0.1, 0.15) is 0 Å². The lowest BCUT2D eigenvalue weighted by Crippen LogP contribution is -2.34. The van der Waals surface area contributed by atoms with Gasteiger partial charge in [0.05, 0.1) is 0 Å². The third-order valence-corrected chi connectivity index (χ3v) is 3.55. The van der Waals surface area contributed by atoms with Gasteiger partial charge in [-0.25, -0.2) is 9.78 Å². The standard InChI is InChI=1S/C12H13N5O2S/c18-10-8(4-13-11(19)16-10)6-17-2-1-9-7(5-17)3-14-12(20)15-9/h3-4H,1-2,5-6H2,(H,14,15,20)(H2,13,16,18,19). The van der Waals surface area contributed by atoms with E-state index < -0.39 is 5.69 Å². The molecule has 0 unspecified atom stereocenters. The van der Waals surface area contributed by atoms with Gasteiger partial charge in [0.25, 0.3) is 5.56 Å². The van der Waals surface area contributed by atoms with Crippen molar-refractivity contribution in [1.82, 2.24) is 24.8 Å². The molecule has 20 heavy (non-hydrogen) atoms. The molecule has 0 radical (unpaired) electrons. The minimum Gasteiger partial charge on any atom is -0.334 e. The first-order valence-electron chi connectivity index (χ1n) is 6.22. The summed E-state index contributed by atoms with van der Waals surface area (Å²) >= 11 is 5.00. The number of nitrogens with one attached hydrogen (secondary N) is 3. The Kier molecular flexibility index (Phi) is 3.33. The lowest BCUT2D eigenvalue weighted by atomic mass is 10.1. The van der Waals surface area contributed by atoms with E-state index in [4.69, 9.17) is 12.2 Å². The van der Waals surface area contributed by atoms with Crippen LogP contribution in [0.2, 0.25) is 0 Å². The molecule has 0 fully saturated rings. The van der Waals surface area contributed by atoms with E-state index in [9.17, 15) is 9.59 Å². The fourth-order valence-corrected chi connectivity index (χ4v) is 2.51. The number of fused-ring (bicyclic) bond motifs is 1. The van der Waals surface area contributed by atoms with Crippen LogP contribution in [0.25, 0.3) is 0 Å². The first-order chi connectivity index (χ1) is 9.61. The summed E-state index contributed by atoms with van der Waals surface area (Å²) in [6, 6.07) is 0. The maximum Gasteiger partial charge on any atom is 0.325 e. The molecule has 0 amide bonds. The summed E-state index contributed by atoms with van der Waals surface area (Å²) < 4.78 is 0.495. The Hall–Kier alpha value is -2.06. The first-order valence-corrected chi connectivity index (χ1v) is 6.63. The Labute approximate surface area is 118 Å². The number of aromatic amines is 3. The monoisotopic (exact) mass is 291 g/mol. The summed E-state index contributed by atoms with van der Waals surface area (Å²) in [5.74, 6) is 0. The minimum absolute atomic E-state index is 0.342. The van der Waals surface area contributed by atoms with E-state index in [0.29, 0.717) is 23.4 Å². The average Bonchev–Trinajstić information content (AvgIpc) is 2.42. The minimum atomic E-state index is -0.487. The van der Waals surface area contributed by atoms with Gasteiger partial charge in [0.15, 0.2) is 4.77 Å². The maximum absolute atomic E-state index is 11.7. The third-order valence-electron chi connectivity index (χ3n) is 3.35. The van der Waals surface area contributed by atoms with E-state index in [1.807, 2.05) is 0 Å². The van der Waals surface area contributed by atoms with Crippen molar-refractivity contribution in [2.24, 2.45) is 0 Å². The van der Waals surface area contributed by atoms with Crippen LogP contribution in [0, 0.1) is 4.77 Å². The molecule has 104 valence electrons. The first kappa shape index (κ1) is 12.9. The molecule has 3 heterocycles. The molecule has 8 heteroatoms. The number of nitrogens with zero attached hydrogens (tertiary/aromatic N) is 2. The fraction of sp³-hybridized carbons (Fsp3) is 0.333. The summed E-state index contributed by atoms with van der Waals surface area (Å²) in [4.78, 5) is 36.7. The second-order valence-corrected chi connectivity index (χ2v) is 5.14. The van der Waals surface area contributed by atoms with Crippen molar-refractivity contribution in [1.29, 1.82) is 0 Å². The van der Waals surface area contributed by atoms with Gasteiger partial charge in [-0.2, -0.15) is 0 Å². The van der Waals surface area contributed by atoms with Crippen LogP contribution in [-0.2, 0) is 19.5 Å². The molecule has 7 nitrogen and oxygen atoms in total. The van der Waals surface area contributed by atoms with E-state index in [1.165, 1.54) is 6.20 Å². The number of hydrogen-bond donors (Lipinski definition) is 3. The number of H-pyrrole nitrogens is 3. The Morgan fingerprint density at radius 3 is 3.00 bits per heavy atom. The largest absolute Gasteiger partial charge is 0.334 e. The molecule has 0 aliphatic carbocycles. The summed E-state index contributed by atoms with van der Waals surface area (Å²) in [5.41, 5.74) is 1.91. The molecule has 1 aliphatic rings. The third kappa shape index (κ3) is 2.61. The van der Waals surface area contributed by atoms with E-state index in [-0.39, 0.29) is 5.56 Å². The highest BCUT2D eigenvalue weighted by molar-refractivity contribution is 7.71. The molecule has 2 aromatic rings. The van der Waals surface area contributed by atoms with Crippen molar-refractivity contribution in [3.63, 3.8) is 0 Å². The van der Waals surface area contributed by atoms with Gasteiger partial charge in [-0.3, -0.25) is 14.7 Å². The molecule has 3 N–H and O–H groups in total. The van der Waals surface area contributed by atoms with Gasteiger partial charge in [-0.05, 0) is 12.2 Å². The average molecular weight is 291 g/mol. The summed E-state index contributed by atoms with van der Waals surface area (Å²) in [6.07, 6.45) is 4.08. The molecule has 3 rings (SSSR count). The summed E-state index contributed by atoms with van der Waals surface area (Å²) in [7, 11) is 0. The smallest absolute Gasteiger partial charge is 0.325 e. The lowest BCUT2D eigenvalue weighted by Gasteiger charge is -2.27. The van der Waals surface area contributed by atoms with Crippen molar-refractivity contribution < 1.29 is 0 Å². The van der Waals surface area contributed by atoms with Crippen LogP contribution >= 0.6 is 12.2 Å². The van der Waals surface area contributed by atoms with Crippen LogP contribution in [0.4, 0.5) is 0 Å². The highest BCUT2D eigenvalue weighted by Gasteiger charge is 2.18. The normalized spacial score (nSPS) is 15.0. The second kappa shape index (κ2) is 5.14. The number of hydrogen-bond acceptors (Lipinski definition) is 5. The van der Waals surface area contributed by atoms with Crippen LogP contribution in [0.5, 0.6) is 0 Å². The summed E-state index contributed by atoms with van der Waals surface area (Å²) in [6.45, 7) is 2.01. The molecule has 2 aromatic heterocycles. The Bertz CT molecular complexity index is 806. The van der Waals surface area contributed by atoms with Gasteiger partial charge >= 0.3 is 5.69 Å². The van der Waals surface area contributed by atoms with Gasteiger partial charge in [0.2, 0.25) is 0 Å². The van der Waals surface area contributed by atoms with E-state index in [1.54, 1.807) is 6.20 Å². The van der Waals surface area contributed by atoms with Crippen molar-refractivity contribution in [3.8, 4) is 0 Å². The molecule has 0 bridgehead atoms. The van der Waals surface area contributed by atoms with E-state index in [2.05, 4.69) is 24.8 Å². The van der Waals surface area contributed by atoms with Crippen molar-refractivity contribution in [3.05, 3.63) is 54.8 Å². The topological polar surface area (TPSA) is 97.6 Å². The summed E-state index contributed by atoms with van der Waals surface area (Å²) in [5, 5.41) is 0. The molecule has 0 saturated heterocycles. The molecular weight excluding hydrogens is 278 g/mol. The van der Waals surface area contributed by atoms with E-state index >= 15 is 0 Å². The van der Waals surface area contributed by atoms with Crippen LogP contribution in [-0.4, -0.2) is 31.4 Å². The Balaban J connectivity index is 1.80. The van der Waals surface area contributed by atoms with Gasteiger partial charge in [-0.15, -0.1) is 0 Å². The molecule has 1 aliphatic heterocycles.